The highest BCUT2D eigenvalue weighted by Crippen LogP contribution is 2.20. The van der Waals surface area contributed by atoms with Crippen LogP contribution in [0.4, 0.5) is 14.9 Å². The molecule has 2 aromatic rings. The fraction of sp³-hybridized carbons (Fsp3) is 0.222. The summed E-state index contributed by atoms with van der Waals surface area (Å²) in [5.74, 6) is -0.708. The van der Waals surface area contributed by atoms with E-state index in [0.717, 1.165) is 0 Å². The summed E-state index contributed by atoms with van der Waals surface area (Å²) in [4.78, 5) is 27.6. The van der Waals surface area contributed by atoms with Crippen LogP contribution in [0.1, 0.15) is 10.4 Å². The maximum Gasteiger partial charge on any atom is 0.336 e. The van der Waals surface area contributed by atoms with Gasteiger partial charge in [-0.3, -0.25) is 10.2 Å². The van der Waals surface area contributed by atoms with E-state index in [1.54, 1.807) is 47.4 Å². The maximum absolute atomic E-state index is 13.8. The summed E-state index contributed by atoms with van der Waals surface area (Å²) in [6, 6.07) is 12.5. The zero-order valence-corrected chi connectivity index (χ0v) is 14.7. The van der Waals surface area contributed by atoms with E-state index in [9.17, 15) is 14.0 Å². The number of hydrogen-bond acceptors (Lipinski definition) is 3. The van der Waals surface area contributed by atoms with Crippen LogP contribution in [0.5, 0.6) is 0 Å². The van der Waals surface area contributed by atoms with E-state index in [1.807, 2.05) is 4.90 Å². The number of piperazine rings is 1. The third-order valence-electron chi connectivity index (χ3n) is 4.15. The lowest BCUT2D eigenvalue weighted by atomic mass is 10.2. The van der Waals surface area contributed by atoms with E-state index >= 15 is 0 Å². The molecule has 1 heterocycles. The second kappa shape index (κ2) is 8.05. The molecule has 1 fully saturated rings. The van der Waals surface area contributed by atoms with Gasteiger partial charge in [-0.15, -0.1) is 0 Å². The van der Waals surface area contributed by atoms with Crippen molar-refractivity contribution in [1.29, 1.82) is 0 Å². The van der Waals surface area contributed by atoms with Gasteiger partial charge < -0.3 is 9.80 Å². The molecule has 0 aliphatic carbocycles. The van der Waals surface area contributed by atoms with Crippen molar-refractivity contribution < 1.29 is 14.0 Å². The molecule has 0 atom stereocenters. The summed E-state index contributed by atoms with van der Waals surface area (Å²) in [7, 11) is 0. The molecule has 0 spiro atoms. The Morgan fingerprint density at radius 3 is 2.23 bits per heavy atom. The molecule has 1 aliphatic rings. The molecule has 2 N–H and O–H groups in total. The number of hydrogen-bond donors (Lipinski definition) is 2. The van der Waals surface area contributed by atoms with Crippen molar-refractivity contribution in [2.45, 2.75) is 0 Å². The molecule has 6 nitrogen and oxygen atoms in total. The number of rotatable bonds is 2. The first-order chi connectivity index (χ1) is 12.5. The number of para-hydroxylation sites is 1. The molecule has 0 bridgehead atoms. The van der Waals surface area contributed by atoms with Gasteiger partial charge in [0.1, 0.15) is 5.82 Å². The van der Waals surface area contributed by atoms with Gasteiger partial charge in [-0.1, -0.05) is 23.7 Å². The average molecular weight is 377 g/mol. The zero-order valence-electron chi connectivity index (χ0n) is 13.9. The van der Waals surface area contributed by atoms with Gasteiger partial charge in [0, 0.05) is 36.8 Å². The highest BCUT2D eigenvalue weighted by molar-refractivity contribution is 6.30. The first kappa shape index (κ1) is 18.0. The number of benzene rings is 2. The minimum absolute atomic E-state index is 0.277. The molecule has 3 amide bonds. The van der Waals surface area contributed by atoms with Gasteiger partial charge in [0.25, 0.3) is 5.91 Å². The lowest BCUT2D eigenvalue weighted by Gasteiger charge is -2.36. The maximum atomic E-state index is 13.8. The predicted octanol–water partition coefficient (Wildman–Crippen LogP) is 2.66. The summed E-state index contributed by atoms with van der Waals surface area (Å²) in [6.07, 6.45) is 0. The highest BCUT2D eigenvalue weighted by atomic mass is 35.5. The van der Waals surface area contributed by atoms with Gasteiger partial charge in [-0.05, 0) is 36.4 Å². The smallest absolute Gasteiger partial charge is 0.336 e. The van der Waals surface area contributed by atoms with Crippen molar-refractivity contribution >= 4 is 29.2 Å². The minimum Gasteiger partial charge on any atom is -0.366 e. The molecule has 0 saturated carbocycles. The molecule has 0 radical (unpaired) electrons. The normalized spacial score (nSPS) is 14.1. The van der Waals surface area contributed by atoms with Crippen molar-refractivity contribution in [2.24, 2.45) is 0 Å². The summed E-state index contributed by atoms with van der Waals surface area (Å²) in [5.41, 5.74) is 5.68. The number of nitrogens with zero attached hydrogens (tertiary/aromatic N) is 2. The fourth-order valence-corrected chi connectivity index (χ4v) is 2.85. The number of urea groups is 1. The number of halogens is 2. The third-order valence-corrected chi connectivity index (χ3v) is 4.40. The molecule has 2 aromatic carbocycles. The first-order valence-electron chi connectivity index (χ1n) is 8.15. The fourth-order valence-electron chi connectivity index (χ4n) is 2.72. The SMILES string of the molecule is O=C(NNC(=O)N1CCN(c2ccccc2F)CC1)c1ccc(Cl)cc1. The van der Waals surface area contributed by atoms with Crippen LogP contribution in [0.15, 0.2) is 48.5 Å². The monoisotopic (exact) mass is 376 g/mol. The third kappa shape index (κ3) is 4.23. The number of nitrogens with one attached hydrogen (secondary N) is 2. The van der Waals surface area contributed by atoms with Crippen molar-refractivity contribution in [3.8, 4) is 0 Å². The summed E-state index contributed by atoms with van der Waals surface area (Å²) in [6.45, 7) is 1.88. The van der Waals surface area contributed by atoms with Crippen LogP contribution in [0.2, 0.25) is 5.02 Å². The Labute approximate surface area is 155 Å². The molecule has 0 unspecified atom stereocenters. The van der Waals surface area contributed by atoms with Crippen LogP contribution in [0.25, 0.3) is 0 Å². The van der Waals surface area contributed by atoms with Gasteiger partial charge in [-0.25, -0.2) is 14.6 Å². The molecule has 8 heteroatoms. The highest BCUT2D eigenvalue weighted by Gasteiger charge is 2.23. The Hall–Kier alpha value is -2.80. The van der Waals surface area contributed by atoms with Gasteiger partial charge >= 0.3 is 6.03 Å². The zero-order chi connectivity index (χ0) is 18.5. The second-order valence-corrected chi connectivity index (χ2v) is 6.25. The minimum atomic E-state index is -0.431. The van der Waals surface area contributed by atoms with Crippen LogP contribution >= 0.6 is 11.6 Å². The van der Waals surface area contributed by atoms with Crippen molar-refractivity contribution in [2.75, 3.05) is 31.1 Å². The van der Waals surface area contributed by atoms with Crippen molar-refractivity contribution in [3.63, 3.8) is 0 Å². The van der Waals surface area contributed by atoms with Crippen molar-refractivity contribution in [3.05, 3.63) is 64.9 Å². The Balaban J connectivity index is 1.48. The quantitative estimate of drug-likeness (QED) is 0.792. The largest absolute Gasteiger partial charge is 0.366 e. The molecule has 3 rings (SSSR count). The van der Waals surface area contributed by atoms with Crippen LogP contribution in [-0.2, 0) is 0 Å². The molecule has 26 heavy (non-hydrogen) atoms. The standard InChI is InChI=1S/C18H18ClFN4O2/c19-14-7-5-13(6-8-14)17(25)21-22-18(26)24-11-9-23(10-12-24)16-4-2-1-3-15(16)20/h1-8H,9-12H2,(H,21,25)(H,22,26). The van der Waals surface area contributed by atoms with E-state index < -0.39 is 11.9 Å². The van der Waals surface area contributed by atoms with Crippen LogP contribution in [0, 0.1) is 5.82 Å². The van der Waals surface area contributed by atoms with Crippen LogP contribution in [-0.4, -0.2) is 43.0 Å². The Morgan fingerprint density at radius 1 is 0.923 bits per heavy atom. The van der Waals surface area contributed by atoms with E-state index in [0.29, 0.717) is 42.5 Å². The van der Waals surface area contributed by atoms with Crippen LogP contribution < -0.4 is 15.8 Å². The molecular weight excluding hydrogens is 359 g/mol. The number of amides is 3. The topological polar surface area (TPSA) is 64.7 Å². The second-order valence-electron chi connectivity index (χ2n) is 5.82. The number of anilines is 1. The van der Waals surface area contributed by atoms with E-state index in [1.165, 1.54) is 6.07 Å². The van der Waals surface area contributed by atoms with Gasteiger partial charge in [-0.2, -0.15) is 0 Å². The number of carbonyl (C=O) groups excluding carboxylic acids is 2. The average Bonchev–Trinajstić information content (AvgIpc) is 2.67. The first-order valence-corrected chi connectivity index (χ1v) is 8.53. The number of hydrazine groups is 1. The lowest BCUT2D eigenvalue weighted by Crippen LogP contribution is -2.55. The van der Waals surface area contributed by atoms with Gasteiger partial charge in [0.05, 0.1) is 5.69 Å². The van der Waals surface area contributed by atoms with Gasteiger partial charge in [0.15, 0.2) is 0 Å². The molecule has 1 saturated heterocycles. The summed E-state index contributed by atoms with van der Waals surface area (Å²) in [5, 5.41) is 0.526. The molecule has 136 valence electrons. The Morgan fingerprint density at radius 2 is 1.58 bits per heavy atom. The Bertz CT molecular complexity index is 792. The number of carbonyl (C=O) groups is 2. The van der Waals surface area contributed by atoms with Gasteiger partial charge in [0.2, 0.25) is 0 Å². The Kier molecular flexibility index (Phi) is 5.58. The summed E-state index contributed by atoms with van der Waals surface area (Å²) < 4.78 is 13.8. The molecule has 1 aliphatic heterocycles. The van der Waals surface area contributed by atoms with Crippen molar-refractivity contribution in [1.82, 2.24) is 15.8 Å². The predicted molar refractivity (Wildman–Crippen MR) is 97.6 cm³/mol. The summed E-state index contributed by atoms with van der Waals surface area (Å²) >= 11 is 5.78. The molecule has 0 aromatic heterocycles. The van der Waals surface area contributed by atoms with E-state index in [-0.39, 0.29) is 5.82 Å². The molecular formula is C18H18ClFN4O2. The van der Waals surface area contributed by atoms with Crippen LogP contribution in [0.3, 0.4) is 0 Å². The van der Waals surface area contributed by atoms with E-state index in [2.05, 4.69) is 10.9 Å². The lowest BCUT2D eigenvalue weighted by molar-refractivity contribution is 0.0929. The van der Waals surface area contributed by atoms with E-state index in [4.69, 9.17) is 11.6 Å².